The SMILES string of the molecule is CC[C@@H]1OC(C)(C)O[C@@H](CC)C1OC(=S)SC. The van der Waals surface area contributed by atoms with E-state index in [-0.39, 0.29) is 18.3 Å². The third kappa shape index (κ3) is 4.09. The highest BCUT2D eigenvalue weighted by atomic mass is 32.2. The molecule has 0 aromatic rings. The van der Waals surface area contributed by atoms with Crippen molar-refractivity contribution in [1.29, 1.82) is 0 Å². The maximum Gasteiger partial charge on any atom is 0.220 e. The Morgan fingerprint density at radius 1 is 1.24 bits per heavy atom. The summed E-state index contributed by atoms with van der Waals surface area (Å²) < 4.78 is 18.1. The summed E-state index contributed by atoms with van der Waals surface area (Å²) in [5.74, 6) is -0.539. The van der Waals surface area contributed by atoms with Gasteiger partial charge in [-0.1, -0.05) is 25.6 Å². The minimum Gasteiger partial charge on any atom is -0.470 e. The molecule has 0 radical (unpaired) electrons. The Morgan fingerprint density at radius 3 is 2.06 bits per heavy atom. The third-order valence-electron chi connectivity index (χ3n) is 2.81. The van der Waals surface area contributed by atoms with E-state index >= 15 is 0 Å². The van der Waals surface area contributed by atoms with Crippen molar-refractivity contribution < 1.29 is 14.2 Å². The summed E-state index contributed by atoms with van der Waals surface area (Å²) in [7, 11) is 0. The molecule has 1 aliphatic heterocycles. The number of ether oxygens (including phenoxy) is 3. The highest BCUT2D eigenvalue weighted by Gasteiger charge is 2.43. The van der Waals surface area contributed by atoms with E-state index in [1.54, 1.807) is 0 Å². The molecule has 0 aromatic heterocycles. The number of thioether (sulfide) groups is 1. The lowest BCUT2D eigenvalue weighted by Crippen LogP contribution is -2.55. The van der Waals surface area contributed by atoms with Crippen LogP contribution in [-0.4, -0.2) is 34.7 Å². The van der Waals surface area contributed by atoms with Gasteiger partial charge in [0.15, 0.2) is 11.9 Å². The van der Waals surface area contributed by atoms with Crippen molar-refractivity contribution in [2.24, 2.45) is 0 Å². The van der Waals surface area contributed by atoms with Crippen LogP contribution in [0.1, 0.15) is 40.5 Å². The molecule has 0 N–H and O–H groups in total. The Balaban J connectivity index is 2.79. The molecule has 0 amide bonds. The first-order valence-corrected chi connectivity index (χ1v) is 7.67. The van der Waals surface area contributed by atoms with Crippen LogP contribution in [0.3, 0.4) is 0 Å². The smallest absolute Gasteiger partial charge is 0.220 e. The molecule has 0 saturated carbocycles. The van der Waals surface area contributed by atoms with E-state index in [9.17, 15) is 0 Å². The predicted octanol–water partition coefficient (Wildman–Crippen LogP) is 3.36. The molecule has 0 bridgehead atoms. The van der Waals surface area contributed by atoms with Gasteiger partial charge in [0.25, 0.3) is 0 Å². The quantitative estimate of drug-likeness (QED) is 0.738. The van der Waals surface area contributed by atoms with Crippen molar-refractivity contribution in [2.75, 3.05) is 6.26 Å². The summed E-state index contributed by atoms with van der Waals surface area (Å²) in [4.78, 5) is 0. The summed E-state index contributed by atoms with van der Waals surface area (Å²) in [6.45, 7) is 8.08. The first-order valence-electron chi connectivity index (χ1n) is 6.03. The molecule has 2 atom stereocenters. The summed E-state index contributed by atoms with van der Waals surface area (Å²) in [6.07, 6.45) is 3.68. The number of thiocarbonyl (C=S) groups is 1. The Labute approximate surface area is 114 Å². The zero-order valence-electron chi connectivity index (χ0n) is 11.2. The highest BCUT2D eigenvalue weighted by Crippen LogP contribution is 2.32. The van der Waals surface area contributed by atoms with Gasteiger partial charge in [-0.15, -0.1) is 0 Å². The lowest BCUT2D eigenvalue weighted by Gasteiger charge is -2.45. The molecule has 1 aliphatic rings. The lowest BCUT2D eigenvalue weighted by atomic mass is 10.0. The van der Waals surface area contributed by atoms with Crippen molar-refractivity contribution in [1.82, 2.24) is 0 Å². The molecule has 0 spiro atoms. The summed E-state index contributed by atoms with van der Waals surface area (Å²) in [6, 6.07) is 0. The highest BCUT2D eigenvalue weighted by molar-refractivity contribution is 8.22. The molecule has 0 unspecified atom stereocenters. The molecule has 100 valence electrons. The van der Waals surface area contributed by atoms with Gasteiger partial charge >= 0.3 is 0 Å². The van der Waals surface area contributed by atoms with Crippen molar-refractivity contribution in [3.05, 3.63) is 0 Å². The largest absolute Gasteiger partial charge is 0.470 e. The summed E-state index contributed by atoms with van der Waals surface area (Å²) >= 11 is 6.57. The second-order valence-corrected chi connectivity index (χ2v) is 5.97. The van der Waals surface area contributed by atoms with Crippen molar-refractivity contribution in [3.8, 4) is 0 Å². The van der Waals surface area contributed by atoms with Gasteiger partial charge in [0.05, 0.1) is 0 Å². The maximum atomic E-state index is 5.90. The maximum absolute atomic E-state index is 5.90. The van der Waals surface area contributed by atoms with E-state index in [4.69, 9.17) is 26.4 Å². The van der Waals surface area contributed by atoms with Crippen LogP contribution < -0.4 is 0 Å². The zero-order chi connectivity index (χ0) is 13.1. The van der Waals surface area contributed by atoms with E-state index < -0.39 is 5.79 Å². The molecule has 0 aliphatic carbocycles. The normalized spacial score (nSPS) is 32.2. The van der Waals surface area contributed by atoms with E-state index in [0.717, 1.165) is 12.8 Å². The fourth-order valence-corrected chi connectivity index (χ4v) is 2.39. The van der Waals surface area contributed by atoms with Gasteiger partial charge in [-0.25, -0.2) is 0 Å². The van der Waals surface area contributed by atoms with Gasteiger partial charge in [-0.2, -0.15) is 0 Å². The van der Waals surface area contributed by atoms with Crippen LogP contribution in [0.2, 0.25) is 0 Å². The molecular weight excluding hydrogens is 256 g/mol. The van der Waals surface area contributed by atoms with Gasteiger partial charge < -0.3 is 14.2 Å². The van der Waals surface area contributed by atoms with E-state index in [1.807, 2.05) is 20.1 Å². The summed E-state index contributed by atoms with van der Waals surface area (Å²) in [5.41, 5.74) is 0. The molecule has 3 nitrogen and oxygen atoms in total. The Bertz CT molecular complexity index is 252. The Morgan fingerprint density at radius 2 is 1.71 bits per heavy atom. The van der Waals surface area contributed by atoms with Crippen molar-refractivity contribution in [3.63, 3.8) is 0 Å². The first-order chi connectivity index (χ1) is 7.93. The topological polar surface area (TPSA) is 27.7 Å². The molecule has 1 rings (SSSR count). The minimum atomic E-state index is -0.539. The Kier molecular flexibility index (Phi) is 5.70. The van der Waals surface area contributed by atoms with Gasteiger partial charge in [0.2, 0.25) is 4.38 Å². The van der Waals surface area contributed by atoms with Crippen LogP contribution in [0.25, 0.3) is 0 Å². The van der Waals surface area contributed by atoms with Gasteiger partial charge in [-0.05, 0) is 45.2 Å². The monoisotopic (exact) mass is 278 g/mol. The summed E-state index contributed by atoms with van der Waals surface area (Å²) in [5, 5.41) is 0. The van der Waals surface area contributed by atoms with Crippen LogP contribution >= 0.6 is 24.0 Å². The molecule has 1 saturated heterocycles. The average Bonchev–Trinajstić information content (AvgIpc) is 2.29. The minimum absolute atomic E-state index is 0.0359. The van der Waals surface area contributed by atoms with E-state index in [1.165, 1.54) is 11.8 Å². The van der Waals surface area contributed by atoms with Crippen LogP contribution in [0, 0.1) is 0 Å². The number of rotatable bonds is 3. The lowest BCUT2D eigenvalue weighted by molar-refractivity contribution is -0.329. The van der Waals surface area contributed by atoms with Crippen LogP contribution in [0.15, 0.2) is 0 Å². The number of hydrogen-bond donors (Lipinski definition) is 0. The predicted molar refractivity (Wildman–Crippen MR) is 75.4 cm³/mol. The van der Waals surface area contributed by atoms with Crippen LogP contribution in [0.5, 0.6) is 0 Å². The average molecular weight is 278 g/mol. The van der Waals surface area contributed by atoms with Crippen molar-refractivity contribution >= 4 is 28.4 Å². The third-order valence-corrected chi connectivity index (χ3v) is 3.83. The van der Waals surface area contributed by atoms with Crippen molar-refractivity contribution in [2.45, 2.75) is 64.6 Å². The number of hydrogen-bond acceptors (Lipinski definition) is 5. The second kappa shape index (κ2) is 6.36. The molecule has 1 heterocycles. The van der Waals surface area contributed by atoms with Gasteiger partial charge in [0.1, 0.15) is 12.2 Å². The van der Waals surface area contributed by atoms with E-state index in [2.05, 4.69) is 13.8 Å². The first kappa shape index (κ1) is 15.2. The molecule has 5 heteroatoms. The molecule has 1 fully saturated rings. The molecule has 17 heavy (non-hydrogen) atoms. The standard InChI is InChI=1S/C12H22O3S2/c1-6-8-10(13-11(16)17-5)9(7-2)15-12(3,4)14-8/h8-10H,6-7H2,1-5H3/t8-,9-/m0/s1. The second-order valence-electron chi connectivity index (χ2n) is 4.57. The van der Waals surface area contributed by atoms with Gasteiger partial charge in [-0.3, -0.25) is 0 Å². The molecule has 0 aromatic carbocycles. The fraction of sp³-hybridized carbons (Fsp3) is 0.917. The zero-order valence-corrected chi connectivity index (χ0v) is 12.8. The van der Waals surface area contributed by atoms with Crippen LogP contribution in [-0.2, 0) is 14.2 Å². The Hall–Kier alpha value is 0.160. The molecular formula is C12H22O3S2. The van der Waals surface area contributed by atoms with E-state index in [0.29, 0.717) is 4.38 Å². The fourth-order valence-electron chi connectivity index (χ4n) is 2.07. The van der Waals surface area contributed by atoms with Crippen LogP contribution in [0.4, 0.5) is 0 Å². The van der Waals surface area contributed by atoms with Gasteiger partial charge in [0, 0.05) is 0 Å².